The molecule has 2 aliphatic rings. The number of hydrogen-bond acceptors (Lipinski definition) is 2. The summed E-state index contributed by atoms with van der Waals surface area (Å²) in [6.07, 6.45) is -0.142. The molecule has 0 heterocycles. The Hall–Kier alpha value is -1.98. The van der Waals surface area contributed by atoms with Crippen molar-refractivity contribution in [2.24, 2.45) is 11.8 Å². The predicted octanol–water partition coefficient (Wildman–Crippen LogP) is 2.86. The predicted molar refractivity (Wildman–Crippen MR) is 71.2 cm³/mol. The maximum absolute atomic E-state index is 12.7. The lowest BCUT2D eigenvalue weighted by molar-refractivity contribution is -0.145. The highest BCUT2D eigenvalue weighted by atomic mass is 19.3. The molecule has 0 unspecified atom stereocenters. The first-order valence-corrected chi connectivity index (χ1v) is 6.87. The van der Waals surface area contributed by atoms with E-state index in [-0.39, 0.29) is 30.6 Å². The van der Waals surface area contributed by atoms with E-state index in [1.165, 1.54) is 0 Å². The van der Waals surface area contributed by atoms with E-state index in [1.54, 1.807) is 24.3 Å². The fourth-order valence-corrected chi connectivity index (χ4v) is 2.74. The van der Waals surface area contributed by atoms with Crippen molar-refractivity contribution < 1.29 is 23.5 Å². The van der Waals surface area contributed by atoms with Crippen LogP contribution >= 0.6 is 0 Å². The zero-order valence-electron chi connectivity index (χ0n) is 11.2. The summed E-state index contributed by atoms with van der Waals surface area (Å²) in [5.74, 6) is -4.78. The Kier molecular flexibility index (Phi) is 3.19. The van der Waals surface area contributed by atoms with Gasteiger partial charge in [-0.25, -0.2) is 8.78 Å². The van der Waals surface area contributed by atoms with Crippen molar-refractivity contribution in [1.82, 2.24) is 0 Å². The van der Waals surface area contributed by atoms with E-state index >= 15 is 0 Å². The minimum absolute atomic E-state index is 0.0394. The van der Waals surface area contributed by atoms with E-state index in [2.05, 4.69) is 5.32 Å². The van der Waals surface area contributed by atoms with Gasteiger partial charge < -0.3 is 10.4 Å². The molecule has 0 spiro atoms. The van der Waals surface area contributed by atoms with Crippen molar-refractivity contribution in [3.05, 3.63) is 29.8 Å². The van der Waals surface area contributed by atoms with Gasteiger partial charge in [0, 0.05) is 24.4 Å². The van der Waals surface area contributed by atoms with E-state index in [0.717, 1.165) is 5.56 Å². The van der Waals surface area contributed by atoms with Gasteiger partial charge in [0.2, 0.25) is 11.8 Å². The molecule has 1 amide bonds. The minimum Gasteiger partial charge on any atom is -0.481 e. The Labute approximate surface area is 120 Å². The second kappa shape index (κ2) is 4.79. The molecule has 2 saturated carbocycles. The molecule has 0 aliphatic heterocycles. The smallest absolute Gasteiger partial charge is 0.307 e. The van der Waals surface area contributed by atoms with Gasteiger partial charge in [-0.05, 0) is 30.0 Å². The maximum atomic E-state index is 12.7. The van der Waals surface area contributed by atoms with Gasteiger partial charge in [-0.1, -0.05) is 12.1 Å². The Morgan fingerprint density at radius 1 is 1.19 bits per heavy atom. The summed E-state index contributed by atoms with van der Waals surface area (Å²) in [4.78, 5) is 22.5. The summed E-state index contributed by atoms with van der Waals surface area (Å²) in [6, 6.07) is 6.92. The topological polar surface area (TPSA) is 66.4 Å². The van der Waals surface area contributed by atoms with Gasteiger partial charge in [-0.3, -0.25) is 9.59 Å². The van der Waals surface area contributed by atoms with E-state index in [4.69, 9.17) is 5.11 Å². The molecule has 1 aromatic rings. The molecule has 0 aromatic heterocycles. The number of rotatable bonds is 4. The number of alkyl halides is 2. The Morgan fingerprint density at radius 2 is 1.81 bits per heavy atom. The number of anilines is 1. The Balaban J connectivity index is 1.56. The fourth-order valence-electron chi connectivity index (χ4n) is 2.74. The number of aliphatic carboxylic acids is 1. The molecule has 0 radical (unpaired) electrons. The van der Waals surface area contributed by atoms with E-state index in [9.17, 15) is 18.4 Å². The summed E-state index contributed by atoms with van der Waals surface area (Å²) in [6.45, 7) is 0. The standard InChI is InChI=1S/C15H15F2NO3/c16-15(17)6-9(7-15)13(19)18-10-3-1-8(2-4-10)11-5-12(11)14(20)21/h1-4,9,11-12H,5-7H2,(H,18,19)(H,20,21)/t11-,12+/m1/s1. The van der Waals surface area contributed by atoms with Gasteiger partial charge in [0.15, 0.2) is 0 Å². The van der Waals surface area contributed by atoms with E-state index in [0.29, 0.717) is 12.1 Å². The number of hydrogen-bond donors (Lipinski definition) is 2. The van der Waals surface area contributed by atoms with Crippen LogP contribution in [0.4, 0.5) is 14.5 Å². The van der Waals surface area contributed by atoms with Crippen LogP contribution < -0.4 is 5.32 Å². The highest BCUT2D eigenvalue weighted by molar-refractivity contribution is 5.93. The Bertz CT molecular complexity index is 577. The van der Waals surface area contributed by atoms with Gasteiger partial charge in [0.25, 0.3) is 0 Å². The molecule has 3 rings (SSSR count). The van der Waals surface area contributed by atoms with Crippen molar-refractivity contribution >= 4 is 17.6 Å². The van der Waals surface area contributed by atoms with Crippen LogP contribution in [0.5, 0.6) is 0 Å². The average Bonchev–Trinajstić information content (AvgIpc) is 3.17. The van der Waals surface area contributed by atoms with Crippen molar-refractivity contribution in [3.8, 4) is 0 Å². The zero-order chi connectivity index (χ0) is 15.2. The number of carbonyl (C=O) groups is 2. The zero-order valence-corrected chi connectivity index (χ0v) is 11.2. The summed E-state index contributed by atoms with van der Waals surface area (Å²) >= 11 is 0. The summed E-state index contributed by atoms with van der Waals surface area (Å²) in [7, 11) is 0. The van der Waals surface area contributed by atoms with Crippen LogP contribution in [0.15, 0.2) is 24.3 Å². The van der Waals surface area contributed by atoms with Gasteiger partial charge in [-0.2, -0.15) is 0 Å². The van der Waals surface area contributed by atoms with Crippen molar-refractivity contribution in [1.29, 1.82) is 0 Å². The van der Waals surface area contributed by atoms with E-state index < -0.39 is 17.8 Å². The molecule has 2 fully saturated rings. The van der Waals surface area contributed by atoms with Crippen molar-refractivity contribution in [2.75, 3.05) is 5.32 Å². The molecule has 2 aliphatic carbocycles. The number of carboxylic acid groups (broad SMARTS) is 1. The Morgan fingerprint density at radius 3 is 2.29 bits per heavy atom. The van der Waals surface area contributed by atoms with E-state index in [1.807, 2.05) is 0 Å². The molecule has 112 valence electrons. The summed E-state index contributed by atoms with van der Waals surface area (Å²) in [5, 5.41) is 11.5. The molecule has 4 nitrogen and oxygen atoms in total. The lowest BCUT2D eigenvalue weighted by atomic mass is 9.81. The van der Waals surface area contributed by atoms with Crippen LogP contribution in [0, 0.1) is 11.8 Å². The van der Waals surface area contributed by atoms with Crippen molar-refractivity contribution in [2.45, 2.75) is 31.1 Å². The van der Waals surface area contributed by atoms with Crippen LogP contribution in [-0.2, 0) is 9.59 Å². The number of benzene rings is 1. The minimum atomic E-state index is -2.70. The normalized spacial score (nSPS) is 26.8. The number of nitrogens with one attached hydrogen (secondary N) is 1. The molecule has 0 bridgehead atoms. The number of amides is 1. The molecule has 6 heteroatoms. The lowest BCUT2D eigenvalue weighted by Gasteiger charge is -2.33. The molecular formula is C15H15F2NO3. The van der Waals surface area contributed by atoms with Crippen LogP contribution in [0.25, 0.3) is 0 Å². The monoisotopic (exact) mass is 295 g/mol. The maximum Gasteiger partial charge on any atom is 0.307 e. The first kappa shape index (κ1) is 14.0. The molecular weight excluding hydrogens is 280 g/mol. The molecule has 0 saturated heterocycles. The average molecular weight is 295 g/mol. The molecule has 21 heavy (non-hydrogen) atoms. The van der Waals surface area contributed by atoms with Crippen molar-refractivity contribution in [3.63, 3.8) is 0 Å². The van der Waals surface area contributed by atoms with Gasteiger partial charge in [-0.15, -0.1) is 0 Å². The molecule has 1 aromatic carbocycles. The second-order valence-corrected chi connectivity index (χ2v) is 5.86. The largest absolute Gasteiger partial charge is 0.481 e. The molecule has 2 atom stereocenters. The number of carboxylic acids is 1. The lowest BCUT2D eigenvalue weighted by Crippen LogP contribution is -2.42. The van der Waals surface area contributed by atoms with Gasteiger partial charge in [0.05, 0.1) is 5.92 Å². The fraction of sp³-hybridized carbons (Fsp3) is 0.467. The third-order valence-electron chi connectivity index (χ3n) is 4.17. The first-order chi connectivity index (χ1) is 9.85. The van der Waals surface area contributed by atoms with Crippen LogP contribution in [-0.4, -0.2) is 22.9 Å². The molecule has 2 N–H and O–H groups in total. The third kappa shape index (κ3) is 2.89. The first-order valence-electron chi connectivity index (χ1n) is 6.87. The van der Waals surface area contributed by atoms with Gasteiger partial charge >= 0.3 is 5.97 Å². The van der Waals surface area contributed by atoms with Crippen LogP contribution in [0.3, 0.4) is 0 Å². The quantitative estimate of drug-likeness (QED) is 0.897. The van der Waals surface area contributed by atoms with Crippen LogP contribution in [0.1, 0.15) is 30.7 Å². The second-order valence-electron chi connectivity index (χ2n) is 5.86. The highest BCUT2D eigenvalue weighted by Crippen LogP contribution is 2.47. The summed E-state index contributed by atoms with van der Waals surface area (Å²) < 4.78 is 25.4. The SMILES string of the molecule is O=C(Nc1ccc([C@H]2C[C@@H]2C(=O)O)cc1)C1CC(F)(F)C1. The highest BCUT2D eigenvalue weighted by Gasteiger charge is 2.48. The van der Waals surface area contributed by atoms with Gasteiger partial charge in [0.1, 0.15) is 0 Å². The number of carbonyl (C=O) groups excluding carboxylic acids is 1. The number of halogens is 2. The summed E-state index contributed by atoms with van der Waals surface area (Å²) in [5.41, 5.74) is 1.47. The third-order valence-corrected chi connectivity index (χ3v) is 4.17. The van der Waals surface area contributed by atoms with Crippen LogP contribution in [0.2, 0.25) is 0 Å².